The van der Waals surface area contributed by atoms with Gasteiger partial charge in [0.1, 0.15) is 5.92 Å². The summed E-state index contributed by atoms with van der Waals surface area (Å²) in [5.74, 6) is -0.334. The summed E-state index contributed by atoms with van der Waals surface area (Å²) >= 11 is 0. The first-order valence-corrected chi connectivity index (χ1v) is 6.78. The molecule has 0 amide bonds. The van der Waals surface area contributed by atoms with Crippen molar-refractivity contribution in [2.75, 3.05) is 0 Å². The molecule has 18 heavy (non-hydrogen) atoms. The van der Waals surface area contributed by atoms with E-state index in [-0.39, 0.29) is 11.7 Å². The second-order valence-electron chi connectivity index (χ2n) is 5.04. The predicted molar refractivity (Wildman–Crippen MR) is 71.1 cm³/mol. The summed E-state index contributed by atoms with van der Waals surface area (Å²) in [7, 11) is 0. The first kappa shape index (κ1) is 12.8. The van der Waals surface area contributed by atoms with Gasteiger partial charge in [0, 0.05) is 5.92 Å². The van der Waals surface area contributed by atoms with Crippen LogP contribution in [0.4, 0.5) is 0 Å². The molecule has 1 aromatic rings. The fraction of sp³-hybridized carbons (Fsp3) is 0.500. The number of nitrogens with zero attached hydrogens (tertiary/aromatic N) is 1. The zero-order valence-corrected chi connectivity index (χ0v) is 10.9. The van der Waals surface area contributed by atoms with Crippen molar-refractivity contribution in [2.45, 2.75) is 44.9 Å². The van der Waals surface area contributed by atoms with Crippen LogP contribution in [0.1, 0.15) is 49.7 Å². The minimum atomic E-state index is -0.570. The molecule has 2 heteroatoms. The lowest BCUT2D eigenvalue weighted by Crippen LogP contribution is -2.19. The molecule has 0 aromatic heterocycles. The molecular formula is C16H19NO. The Balaban J connectivity index is 2.16. The number of nitriles is 1. The number of benzene rings is 1. The van der Waals surface area contributed by atoms with Gasteiger partial charge in [-0.05, 0) is 30.4 Å². The molecule has 0 N–H and O–H groups in total. The number of ketones is 1. The van der Waals surface area contributed by atoms with Crippen molar-refractivity contribution in [1.82, 2.24) is 0 Å². The number of Topliss-reactive ketones (excluding diaryl/α,β-unsaturated/α-hetero) is 1. The van der Waals surface area contributed by atoms with E-state index in [1.54, 1.807) is 0 Å². The molecule has 0 saturated heterocycles. The molecular weight excluding hydrogens is 222 g/mol. The van der Waals surface area contributed by atoms with E-state index in [9.17, 15) is 10.1 Å². The van der Waals surface area contributed by atoms with Crippen molar-refractivity contribution in [3.8, 4) is 6.07 Å². The summed E-state index contributed by atoms with van der Waals surface area (Å²) in [5.41, 5.74) is 2.09. The summed E-state index contributed by atoms with van der Waals surface area (Å²) in [4.78, 5) is 12.3. The Hall–Kier alpha value is -1.62. The van der Waals surface area contributed by atoms with Crippen LogP contribution < -0.4 is 0 Å². The topological polar surface area (TPSA) is 40.9 Å². The maximum Gasteiger partial charge on any atom is 0.157 e. The summed E-state index contributed by atoms with van der Waals surface area (Å²) in [6.45, 7) is 2.10. The number of hydrogen-bond donors (Lipinski definition) is 0. The van der Waals surface area contributed by atoms with Crippen LogP contribution in [0.25, 0.3) is 0 Å². The van der Waals surface area contributed by atoms with Gasteiger partial charge in [-0.3, -0.25) is 4.79 Å². The summed E-state index contributed by atoms with van der Waals surface area (Å²) in [5, 5.41) is 9.27. The van der Waals surface area contributed by atoms with Crippen molar-refractivity contribution in [3.05, 3.63) is 35.4 Å². The Morgan fingerprint density at radius 2 is 1.94 bits per heavy atom. The third-order valence-electron chi connectivity index (χ3n) is 3.89. The Bertz CT molecular complexity index is 449. The van der Waals surface area contributed by atoms with Crippen LogP contribution in [-0.4, -0.2) is 5.78 Å². The molecule has 1 fully saturated rings. The first-order chi connectivity index (χ1) is 8.76. The minimum Gasteiger partial charge on any atom is -0.298 e. The number of aryl methyl sites for hydroxylation is 1. The van der Waals surface area contributed by atoms with Crippen LogP contribution in [0.2, 0.25) is 0 Å². The molecule has 0 radical (unpaired) electrons. The van der Waals surface area contributed by atoms with E-state index >= 15 is 0 Å². The molecule has 0 aliphatic heterocycles. The monoisotopic (exact) mass is 241 g/mol. The molecule has 2 nitrogen and oxygen atoms in total. The smallest absolute Gasteiger partial charge is 0.157 e. The lowest BCUT2D eigenvalue weighted by Gasteiger charge is -2.13. The molecule has 94 valence electrons. The maximum absolute atomic E-state index is 12.3. The highest BCUT2D eigenvalue weighted by molar-refractivity contribution is 5.90. The van der Waals surface area contributed by atoms with Gasteiger partial charge in [0.05, 0.1) is 6.07 Å². The second kappa shape index (κ2) is 5.82. The zero-order valence-electron chi connectivity index (χ0n) is 10.9. The quantitative estimate of drug-likeness (QED) is 0.807. The highest BCUT2D eigenvalue weighted by Crippen LogP contribution is 2.31. The largest absolute Gasteiger partial charge is 0.298 e. The van der Waals surface area contributed by atoms with Gasteiger partial charge in [-0.15, -0.1) is 0 Å². The van der Waals surface area contributed by atoms with E-state index in [4.69, 9.17) is 0 Å². The fourth-order valence-electron chi connectivity index (χ4n) is 2.69. The molecule has 0 spiro atoms. The van der Waals surface area contributed by atoms with Crippen LogP contribution in [-0.2, 0) is 11.2 Å². The second-order valence-corrected chi connectivity index (χ2v) is 5.04. The zero-order chi connectivity index (χ0) is 13.0. The van der Waals surface area contributed by atoms with Crippen LogP contribution in [0.5, 0.6) is 0 Å². The van der Waals surface area contributed by atoms with Gasteiger partial charge in [-0.25, -0.2) is 0 Å². The van der Waals surface area contributed by atoms with Crippen molar-refractivity contribution in [2.24, 2.45) is 5.92 Å². The number of rotatable bonds is 4. The normalized spacial score (nSPS) is 17.3. The van der Waals surface area contributed by atoms with E-state index in [1.807, 2.05) is 24.3 Å². The Morgan fingerprint density at radius 3 is 2.44 bits per heavy atom. The van der Waals surface area contributed by atoms with Crippen LogP contribution in [0.3, 0.4) is 0 Å². The summed E-state index contributed by atoms with van der Waals surface area (Å²) in [6, 6.07) is 10.1. The SMILES string of the molecule is CCc1ccc(C(C#N)C(=O)C2CCCC2)cc1. The maximum atomic E-state index is 12.3. The van der Waals surface area contributed by atoms with E-state index in [1.165, 1.54) is 5.56 Å². The van der Waals surface area contributed by atoms with Gasteiger partial charge in [-0.1, -0.05) is 44.0 Å². The van der Waals surface area contributed by atoms with Gasteiger partial charge in [0.2, 0.25) is 0 Å². The standard InChI is InChI=1S/C16H19NO/c1-2-12-7-9-13(10-8-12)15(11-17)16(18)14-5-3-4-6-14/h7-10,14-15H,2-6H2,1H3. The van der Waals surface area contributed by atoms with Crippen LogP contribution in [0.15, 0.2) is 24.3 Å². The Labute approximate surface area is 109 Å². The fourth-order valence-corrected chi connectivity index (χ4v) is 2.69. The molecule has 2 rings (SSSR count). The van der Waals surface area contributed by atoms with Crippen molar-refractivity contribution >= 4 is 5.78 Å². The molecule has 0 heterocycles. The molecule has 1 aromatic carbocycles. The highest BCUT2D eigenvalue weighted by Gasteiger charge is 2.30. The van der Waals surface area contributed by atoms with Gasteiger partial charge in [0.15, 0.2) is 5.78 Å². The molecule has 1 aliphatic rings. The first-order valence-electron chi connectivity index (χ1n) is 6.78. The van der Waals surface area contributed by atoms with Crippen LogP contribution >= 0.6 is 0 Å². The lowest BCUT2D eigenvalue weighted by molar-refractivity contribution is -0.123. The Morgan fingerprint density at radius 1 is 1.33 bits per heavy atom. The number of carbonyl (C=O) groups excluding carboxylic acids is 1. The van der Waals surface area contributed by atoms with Gasteiger partial charge < -0.3 is 0 Å². The summed E-state index contributed by atoms with van der Waals surface area (Å²) < 4.78 is 0. The molecule has 0 bridgehead atoms. The third kappa shape index (κ3) is 2.61. The van der Waals surface area contributed by atoms with E-state index in [0.29, 0.717) is 0 Å². The van der Waals surface area contributed by atoms with Crippen LogP contribution in [0, 0.1) is 17.2 Å². The molecule has 1 unspecified atom stereocenters. The summed E-state index contributed by atoms with van der Waals surface area (Å²) in [6.07, 6.45) is 5.16. The van der Waals surface area contributed by atoms with E-state index in [2.05, 4.69) is 13.0 Å². The van der Waals surface area contributed by atoms with E-state index in [0.717, 1.165) is 37.7 Å². The van der Waals surface area contributed by atoms with Gasteiger partial charge >= 0.3 is 0 Å². The lowest BCUT2D eigenvalue weighted by atomic mass is 9.87. The number of hydrogen-bond acceptors (Lipinski definition) is 2. The van der Waals surface area contributed by atoms with Gasteiger partial charge in [-0.2, -0.15) is 5.26 Å². The molecule has 1 atom stereocenters. The van der Waals surface area contributed by atoms with Crippen molar-refractivity contribution in [3.63, 3.8) is 0 Å². The van der Waals surface area contributed by atoms with Crippen molar-refractivity contribution < 1.29 is 4.79 Å². The van der Waals surface area contributed by atoms with E-state index < -0.39 is 5.92 Å². The van der Waals surface area contributed by atoms with Gasteiger partial charge in [0.25, 0.3) is 0 Å². The van der Waals surface area contributed by atoms with Crippen molar-refractivity contribution in [1.29, 1.82) is 5.26 Å². The number of carbonyl (C=O) groups is 1. The third-order valence-corrected chi connectivity index (χ3v) is 3.89. The molecule has 1 aliphatic carbocycles. The average Bonchev–Trinajstić information content (AvgIpc) is 2.94. The Kier molecular flexibility index (Phi) is 4.15. The highest BCUT2D eigenvalue weighted by atomic mass is 16.1. The average molecular weight is 241 g/mol. The molecule has 1 saturated carbocycles. The minimum absolute atomic E-state index is 0.112. The predicted octanol–water partition coefficient (Wildman–Crippen LogP) is 3.62.